The number of hydrogen-bond donors (Lipinski definition) is 2. The largest absolute Gasteiger partial charge is 0.405 e. The van der Waals surface area contributed by atoms with E-state index < -0.39 is 12.7 Å². The van der Waals surface area contributed by atoms with Crippen LogP contribution in [0.25, 0.3) is 0 Å². The van der Waals surface area contributed by atoms with Crippen molar-refractivity contribution in [2.45, 2.75) is 44.8 Å². The summed E-state index contributed by atoms with van der Waals surface area (Å²) < 4.78 is 38.3. The number of hydrazine groups is 1. The molecule has 0 aromatic carbocycles. The molecule has 0 saturated heterocycles. The molecular weight excluding hydrogens is 271 g/mol. The summed E-state index contributed by atoms with van der Waals surface area (Å²) in [5.74, 6) is 6.12. The topological polar surface area (TPSA) is 67.1 Å². The van der Waals surface area contributed by atoms with Crippen molar-refractivity contribution in [3.8, 4) is 0 Å². The summed E-state index contributed by atoms with van der Waals surface area (Å²) in [6.07, 6.45) is -0.132. The summed E-state index contributed by atoms with van der Waals surface area (Å²) in [6, 6.07) is -0.0900. The van der Waals surface area contributed by atoms with E-state index in [-0.39, 0.29) is 6.04 Å². The molecule has 1 aromatic heterocycles. The van der Waals surface area contributed by atoms with Crippen LogP contribution in [0.2, 0.25) is 0 Å². The Morgan fingerprint density at radius 1 is 1.40 bits per heavy atom. The van der Waals surface area contributed by atoms with Crippen molar-refractivity contribution in [3.05, 3.63) is 11.9 Å². The maximum absolute atomic E-state index is 12.8. The first kappa shape index (κ1) is 14.8. The first-order valence-corrected chi connectivity index (χ1v) is 6.60. The molecule has 2 rings (SSSR count). The molecular formula is C12H18F3N5. The fourth-order valence-electron chi connectivity index (χ4n) is 2.21. The highest BCUT2D eigenvalue weighted by atomic mass is 19.4. The lowest BCUT2D eigenvalue weighted by atomic mass is 10.1. The zero-order chi connectivity index (χ0) is 14.8. The highest BCUT2D eigenvalue weighted by Gasteiger charge is 2.39. The van der Waals surface area contributed by atoms with Crippen molar-refractivity contribution in [2.75, 3.05) is 16.9 Å². The van der Waals surface area contributed by atoms with Gasteiger partial charge in [0.25, 0.3) is 0 Å². The summed E-state index contributed by atoms with van der Waals surface area (Å²) in [4.78, 5) is 9.38. The predicted molar refractivity (Wildman–Crippen MR) is 70.3 cm³/mol. The van der Waals surface area contributed by atoms with E-state index in [9.17, 15) is 13.2 Å². The second kappa shape index (κ2) is 5.82. The van der Waals surface area contributed by atoms with Crippen molar-refractivity contribution >= 4 is 11.6 Å². The number of anilines is 2. The van der Waals surface area contributed by atoms with Crippen LogP contribution in [0.15, 0.2) is 6.33 Å². The molecule has 112 valence electrons. The highest BCUT2D eigenvalue weighted by molar-refractivity contribution is 5.59. The van der Waals surface area contributed by atoms with Crippen molar-refractivity contribution in [1.29, 1.82) is 0 Å². The SMILES string of the molecule is CCCc1c(NN)ncnc1N(CC(F)(F)F)C1CC1. The van der Waals surface area contributed by atoms with Crippen LogP contribution in [0.4, 0.5) is 24.8 Å². The molecule has 5 nitrogen and oxygen atoms in total. The van der Waals surface area contributed by atoms with Gasteiger partial charge in [0.2, 0.25) is 0 Å². The summed E-state index contributed by atoms with van der Waals surface area (Å²) in [7, 11) is 0. The van der Waals surface area contributed by atoms with E-state index in [4.69, 9.17) is 5.84 Å². The molecule has 1 fully saturated rings. The third kappa shape index (κ3) is 3.50. The van der Waals surface area contributed by atoms with Gasteiger partial charge >= 0.3 is 6.18 Å². The summed E-state index contributed by atoms with van der Waals surface area (Å²) >= 11 is 0. The Hall–Kier alpha value is -1.57. The van der Waals surface area contributed by atoms with Gasteiger partial charge in [0.1, 0.15) is 24.5 Å². The second-order valence-electron chi connectivity index (χ2n) is 4.89. The van der Waals surface area contributed by atoms with Gasteiger partial charge in [-0.2, -0.15) is 13.2 Å². The second-order valence-corrected chi connectivity index (χ2v) is 4.89. The van der Waals surface area contributed by atoms with Crippen LogP contribution < -0.4 is 16.2 Å². The smallest absolute Gasteiger partial charge is 0.344 e. The van der Waals surface area contributed by atoms with Crippen molar-refractivity contribution in [1.82, 2.24) is 9.97 Å². The van der Waals surface area contributed by atoms with E-state index in [1.807, 2.05) is 6.92 Å². The number of nitrogens with zero attached hydrogens (tertiary/aromatic N) is 3. The van der Waals surface area contributed by atoms with E-state index in [1.165, 1.54) is 11.2 Å². The minimum Gasteiger partial charge on any atom is -0.344 e. The molecule has 0 radical (unpaired) electrons. The molecule has 0 unspecified atom stereocenters. The lowest BCUT2D eigenvalue weighted by molar-refractivity contribution is -0.120. The van der Waals surface area contributed by atoms with Gasteiger partial charge in [-0.25, -0.2) is 15.8 Å². The number of nitrogen functional groups attached to an aromatic ring is 1. The van der Waals surface area contributed by atoms with Crippen molar-refractivity contribution < 1.29 is 13.2 Å². The van der Waals surface area contributed by atoms with Crippen LogP contribution in [0.3, 0.4) is 0 Å². The number of nitrogens with one attached hydrogen (secondary N) is 1. The van der Waals surface area contributed by atoms with E-state index in [0.29, 0.717) is 23.6 Å². The Kier molecular flexibility index (Phi) is 4.32. The predicted octanol–water partition coefficient (Wildman–Crippen LogP) is 2.25. The molecule has 1 aromatic rings. The van der Waals surface area contributed by atoms with Gasteiger partial charge in [-0.05, 0) is 19.3 Å². The molecule has 8 heteroatoms. The number of alkyl halides is 3. The van der Waals surface area contributed by atoms with Gasteiger partial charge in [-0.3, -0.25) is 0 Å². The van der Waals surface area contributed by atoms with E-state index in [1.54, 1.807) is 0 Å². The molecule has 0 bridgehead atoms. The quantitative estimate of drug-likeness (QED) is 0.621. The standard InChI is InChI=1S/C12H18F3N5/c1-2-3-9-10(19-16)17-7-18-11(9)20(8-4-5-8)6-12(13,14)15/h7-8H,2-6,16H2,1H3,(H,17,18,19). The van der Waals surface area contributed by atoms with Crippen molar-refractivity contribution in [3.63, 3.8) is 0 Å². The molecule has 20 heavy (non-hydrogen) atoms. The van der Waals surface area contributed by atoms with Crippen LogP contribution in [-0.2, 0) is 6.42 Å². The lowest BCUT2D eigenvalue weighted by Gasteiger charge is -2.27. The van der Waals surface area contributed by atoms with Crippen LogP contribution >= 0.6 is 0 Å². The monoisotopic (exact) mass is 289 g/mol. The van der Waals surface area contributed by atoms with Gasteiger partial charge in [0, 0.05) is 11.6 Å². The Balaban J connectivity index is 2.36. The van der Waals surface area contributed by atoms with Crippen LogP contribution in [0, 0.1) is 0 Å². The molecule has 1 heterocycles. The molecule has 1 saturated carbocycles. The fourth-order valence-corrected chi connectivity index (χ4v) is 2.21. The summed E-state index contributed by atoms with van der Waals surface area (Å²) in [5, 5.41) is 0. The maximum atomic E-state index is 12.8. The van der Waals surface area contributed by atoms with Crippen LogP contribution in [0.5, 0.6) is 0 Å². The van der Waals surface area contributed by atoms with E-state index in [0.717, 1.165) is 19.3 Å². The Labute approximate surface area is 115 Å². The van der Waals surface area contributed by atoms with Gasteiger partial charge in [0.15, 0.2) is 0 Å². The molecule has 1 aliphatic rings. The average molecular weight is 289 g/mol. The van der Waals surface area contributed by atoms with Gasteiger partial charge in [-0.1, -0.05) is 13.3 Å². The third-order valence-electron chi connectivity index (χ3n) is 3.17. The highest BCUT2D eigenvalue weighted by Crippen LogP contribution is 2.36. The van der Waals surface area contributed by atoms with E-state index in [2.05, 4.69) is 15.4 Å². The van der Waals surface area contributed by atoms with Crippen LogP contribution in [0.1, 0.15) is 31.7 Å². The van der Waals surface area contributed by atoms with Crippen LogP contribution in [-0.4, -0.2) is 28.7 Å². The number of nitrogens with two attached hydrogens (primary N) is 1. The Bertz CT molecular complexity index is 459. The number of hydrogen-bond acceptors (Lipinski definition) is 5. The molecule has 0 amide bonds. The normalized spacial score (nSPS) is 15.2. The van der Waals surface area contributed by atoms with Gasteiger partial charge in [-0.15, -0.1) is 0 Å². The zero-order valence-electron chi connectivity index (χ0n) is 11.2. The molecule has 0 spiro atoms. The number of halogens is 3. The van der Waals surface area contributed by atoms with E-state index >= 15 is 0 Å². The molecule has 0 aliphatic heterocycles. The first-order chi connectivity index (χ1) is 9.46. The van der Waals surface area contributed by atoms with Crippen molar-refractivity contribution in [2.24, 2.45) is 5.84 Å². The number of aromatic nitrogens is 2. The zero-order valence-corrected chi connectivity index (χ0v) is 11.2. The molecule has 3 N–H and O–H groups in total. The lowest BCUT2D eigenvalue weighted by Crippen LogP contribution is -2.37. The summed E-state index contributed by atoms with van der Waals surface area (Å²) in [6.45, 7) is 0.956. The van der Waals surface area contributed by atoms with Gasteiger partial charge < -0.3 is 10.3 Å². The fraction of sp³-hybridized carbons (Fsp3) is 0.667. The van der Waals surface area contributed by atoms with Gasteiger partial charge in [0.05, 0.1) is 0 Å². The minimum absolute atomic E-state index is 0.0900. The Morgan fingerprint density at radius 3 is 2.60 bits per heavy atom. The Morgan fingerprint density at radius 2 is 2.10 bits per heavy atom. The molecule has 1 aliphatic carbocycles. The average Bonchev–Trinajstić information content (AvgIpc) is 3.20. The summed E-state index contributed by atoms with van der Waals surface area (Å²) in [5.41, 5.74) is 3.09. The minimum atomic E-state index is -4.26. The number of rotatable bonds is 6. The third-order valence-corrected chi connectivity index (χ3v) is 3.17. The maximum Gasteiger partial charge on any atom is 0.405 e. The first-order valence-electron chi connectivity index (χ1n) is 6.60. The molecule has 0 atom stereocenters.